The first-order chi connectivity index (χ1) is 11.9. The Balaban J connectivity index is 2.78. The van der Waals surface area contributed by atoms with Crippen molar-refractivity contribution in [3.63, 3.8) is 0 Å². The van der Waals surface area contributed by atoms with Gasteiger partial charge in [-0.05, 0) is 46.5 Å². The Kier molecular flexibility index (Phi) is 9.59. The summed E-state index contributed by atoms with van der Waals surface area (Å²) < 4.78 is 5.26. The second-order valence-electron chi connectivity index (χ2n) is 5.37. The van der Waals surface area contributed by atoms with E-state index in [1.807, 2.05) is 12.3 Å². The highest BCUT2D eigenvalue weighted by Crippen LogP contribution is 2.16. The van der Waals surface area contributed by atoms with Crippen LogP contribution in [-0.2, 0) is 14.3 Å². The van der Waals surface area contributed by atoms with Gasteiger partial charge >= 0.3 is 5.97 Å². The highest BCUT2D eigenvalue weighted by atomic mass is 79.9. The van der Waals surface area contributed by atoms with E-state index in [0.29, 0.717) is 16.5 Å². The molecule has 0 aliphatic carbocycles. The summed E-state index contributed by atoms with van der Waals surface area (Å²) in [6, 6.07) is 6.40. The molecule has 1 aromatic carbocycles. The number of carbonyl (C=O) groups is 3. The Hall–Kier alpha value is -1.54. The van der Waals surface area contributed by atoms with E-state index in [0.717, 1.165) is 5.75 Å². The minimum absolute atomic E-state index is 0.117. The lowest BCUT2D eigenvalue weighted by Crippen LogP contribution is -2.48. The number of thioether (sulfide) groups is 1. The Morgan fingerprint density at radius 2 is 2.00 bits per heavy atom. The number of esters is 1. The fraction of sp³-hybridized carbons (Fsp3) is 0.471. The molecule has 0 radical (unpaired) electrons. The molecule has 6 nitrogen and oxygen atoms in total. The predicted octanol–water partition coefficient (Wildman–Crippen LogP) is 2.32. The fourth-order valence-corrected chi connectivity index (χ4v) is 3.05. The zero-order chi connectivity index (χ0) is 18.8. The van der Waals surface area contributed by atoms with Crippen molar-refractivity contribution in [3.05, 3.63) is 34.3 Å². The van der Waals surface area contributed by atoms with Crippen LogP contribution in [0, 0.1) is 0 Å². The molecular weight excluding hydrogens is 408 g/mol. The summed E-state index contributed by atoms with van der Waals surface area (Å²) in [5.41, 5.74) is 0.474. The zero-order valence-electron chi connectivity index (χ0n) is 14.6. The Morgan fingerprint density at radius 3 is 2.60 bits per heavy atom. The first kappa shape index (κ1) is 21.5. The molecule has 138 valence electrons. The first-order valence-corrected chi connectivity index (χ1v) is 9.95. The van der Waals surface area contributed by atoms with Crippen LogP contribution < -0.4 is 5.32 Å². The van der Waals surface area contributed by atoms with Crippen molar-refractivity contribution < 1.29 is 19.1 Å². The number of hydrogen-bond acceptors (Lipinski definition) is 5. The number of likely N-dealkylation sites (N-methyl/N-ethyl adjacent to an activating group) is 1. The van der Waals surface area contributed by atoms with Crippen molar-refractivity contribution >= 4 is 45.5 Å². The van der Waals surface area contributed by atoms with E-state index in [2.05, 4.69) is 26.0 Å². The molecule has 0 aromatic heterocycles. The fourth-order valence-electron chi connectivity index (χ4n) is 2.11. The van der Waals surface area contributed by atoms with Gasteiger partial charge in [0.25, 0.3) is 5.91 Å². The topological polar surface area (TPSA) is 75.7 Å². The summed E-state index contributed by atoms with van der Waals surface area (Å²) in [7, 11) is 2.92. The summed E-state index contributed by atoms with van der Waals surface area (Å²) in [6.45, 7) is 0.242. The van der Waals surface area contributed by atoms with Crippen molar-refractivity contribution in [1.82, 2.24) is 10.2 Å². The average Bonchev–Trinajstić information content (AvgIpc) is 2.62. The summed E-state index contributed by atoms with van der Waals surface area (Å²) in [6.07, 6.45) is 2.57. The molecular formula is C17H23BrN2O4S. The van der Waals surface area contributed by atoms with Gasteiger partial charge in [0.1, 0.15) is 6.04 Å². The molecule has 2 amide bonds. The van der Waals surface area contributed by atoms with E-state index in [4.69, 9.17) is 0 Å². The Morgan fingerprint density at radius 1 is 1.32 bits per heavy atom. The number of ether oxygens (including phenoxy) is 1. The van der Waals surface area contributed by atoms with Crippen molar-refractivity contribution in [2.45, 2.75) is 18.9 Å². The van der Waals surface area contributed by atoms with Crippen LogP contribution in [0.3, 0.4) is 0 Å². The molecule has 8 heteroatoms. The van der Waals surface area contributed by atoms with Gasteiger partial charge in [0.2, 0.25) is 5.91 Å². The van der Waals surface area contributed by atoms with E-state index in [-0.39, 0.29) is 30.7 Å². The van der Waals surface area contributed by atoms with Gasteiger partial charge < -0.3 is 15.0 Å². The third-order valence-electron chi connectivity index (χ3n) is 3.59. The van der Waals surface area contributed by atoms with E-state index in [9.17, 15) is 14.4 Å². The van der Waals surface area contributed by atoms with E-state index >= 15 is 0 Å². The largest absolute Gasteiger partial charge is 0.469 e. The van der Waals surface area contributed by atoms with Crippen LogP contribution in [0.15, 0.2) is 28.7 Å². The smallest absolute Gasteiger partial charge is 0.307 e. The molecule has 0 saturated heterocycles. The van der Waals surface area contributed by atoms with Gasteiger partial charge in [-0.15, -0.1) is 0 Å². The van der Waals surface area contributed by atoms with Crippen LogP contribution in [0.5, 0.6) is 0 Å². The molecule has 1 N–H and O–H groups in total. The highest BCUT2D eigenvalue weighted by molar-refractivity contribution is 9.10. The molecule has 1 aromatic rings. The number of carbonyl (C=O) groups excluding carboxylic acids is 3. The lowest BCUT2D eigenvalue weighted by atomic mass is 10.1. The van der Waals surface area contributed by atoms with E-state index < -0.39 is 6.04 Å². The van der Waals surface area contributed by atoms with Crippen LogP contribution in [0.2, 0.25) is 0 Å². The predicted molar refractivity (Wildman–Crippen MR) is 103 cm³/mol. The summed E-state index contributed by atoms with van der Waals surface area (Å²) >= 11 is 4.94. The van der Waals surface area contributed by atoms with Crippen molar-refractivity contribution in [1.29, 1.82) is 0 Å². The van der Waals surface area contributed by atoms with Gasteiger partial charge in [0.05, 0.1) is 19.1 Å². The average molecular weight is 431 g/mol. The second-order valence-corrected chi connectivity index (χ2v) is 7.21. The van der Waals surface area contributed by atoms with Crippen LogP contribution >= 0.6 is 27.7 Å². The van der Waals surface area contributed by atoms with Gasteiger partial charge in [-0.3, -0.25) is 14.4 Å². The van der Waals surface area contributed by atoms with Gasteiger partial charge in [0.15, 0.2) is 0 Å². The molecule has 1 atom stereocenters. The summed E-state index contributed by atoms with van der Waals surface area (Å²) in [5.74, 6) is -0.179. The maximum absolute atomic E-state index is 12.6. The number of nitrogens with zero attached hydrogens (tertiary/aromatic N) is 1. The molecule has 0 heterocycles. The molecule has 25 heavy (non-hydrogen) atoms. The third kappa shape index (κ3) is 7.07. The van der Waals surface area contributed by atoms with Crippen LogP contribution in [0.25, 0.3) is 0 Å². The zero-order valence-corrected chi connectivity index (χ0v) is 17.0. The number of nitrogens with one attached hydrogen (secondary N) is 1. The van der Waals surface area contributed by atoms with Gasteiger partial charge in [-0.1, -0.05) is 12.1 Å². The molecule has 0 aliphatic heterocycles. The molecule has 0 bridgehead atoms. The van der Waals surface area contributed by atoms with Gasteiger partial charge in [-0.2, -0.15) is 11.8 Å². The SMILES string of the molecule is COC(=O)CCN(C)C(=O)C(CCSC)NC(=O)c1ccccc1Br. The minimum atomic E-state index is -0.644. The second kappa shape index (κ2) is 11.1. The van der Waals surface area contributed by atoms with Crippen LogP contribution in [0.4, 0.5) is 0 Å². The van der Waals surface area contributed by atoms with E-state index in [1.165, 1.54) is 12.0 Å². The number of amides is 2. The normalized spacial score (nSPS) is 11.5. The number of benzene rings is 1. The maximum Gasteiger partial charge on any atom is 0.307 e. The van der Waals surface area contributed by atoms with Crippen LogP contribution in [0.1, 0.15) is 23.2 Å². The first-order valence-electron chi connectivity index (χ1n) is 7.76. The van der Waals surface area contributed by atoms with E-state index in [1.54, 1.807) is 37.0 Å². The number of halogens is 1. The Bertz CT molecular complexity index is 612. The van der Waals surface area contributed by atoms with Crippen LogP contribution in [-0.4, -0.2) is 61.4 Å². The van der Waals surface area contributed by atoms with Crippen molar-refractivity contribution in [3.8, 4) is 0 Å². The third-order valence-corrected chi connectivity index (χ3v) is 4.92. The van der Waals surface area contributed by atoms with Gasteiger partial charge in [-0.25, -0.2) is 0 Å². The number of hydrogen-bond donors (Lipinski definition) is 1. The summed E-state index contributed by atoms with van der Waals surface area (Å²) in [5, 5.41) is 2.80. The molecule has 1 unspecified atom stereocenters. The molecule has 0 aliphatic rings. The summed E-state index contributed by atoms with van der Waals surface area (Å²) in [4.78, 5) is 37.8. The standard InChI is InChI=1S/C17H23BrN2O4S/c1-20(10-8-15(21)24-2)17(23)14(9-11-25-3)19-16(22)12-6-4-5-7-13(12)18/h4-7,14H,8-11H2,1-3H3,(H,19,22). The highest BCUT2D eigenvalue weighted by Gasteiger charge is 2.25. The molecule has 0 spiro atoms. The minimum Gasteiger partial charge on any atom is -0.469 e. The lowest BCUT2D eigenvalue weighted by Gasteiger charge is -2.24. The van der Waals surface area contributed by atoms with Gasteiger partial charge in [0, 0.05) is 18.1 Å². The number of methoxy groups -OCH3 is 1. The molecule has 0 saturated carbocycles. The van der Waals surface area contributed by atoms with Crippen molar-refractivity contribution in [2.75, 3.05) is 32.7 Å². The molecule has 1 rings (SSSR count). The Labute approximate surface area is 160 Å². The quantitative estimate of drug-likeness (QED) is 0.608. The lowest BCUT2D eigenvalue weighted by molar-refractivity contribution is -0.141. The maximum atomic E-state index is 12.6. The number of rotatable bonds is 9. The monoisotopic (exact) mass is 430 g/mol. The molecule has 0 fully saturated rings. The van der Waals surface area contributed by atoms with Crippen molar-refractivity contribution in [2.24, 2.45) is 0 Å².